The lowest BCUT2D eigenvalue weighted by Crippen LogP contribution is -2.11. The van der Waals surface area contributed by atoms with Gasteiger partial charge in [-0.1, -0.05) is 54.6 Å². The molecule has 0 fully saturated rings. The van der Waals surface area contributed by atoms with Crippen molar-refractivity contribution in [2.75, 3.05) is 5.32 Å². The lowest BCUT2D eigenvalue weighted by Gasteiger charge is -2.09. The van der Waals surface area contributed by atoms with Gasteiger partial charge < -0.3 is 9.88 Å². The number of hydrogen-bond acceptors (Lipinski definition) is 2. The zero-order valence-corrected chi connectivity index (χ0v) is 16.0. The van der Waals surface area contributed by atoms with Gasteiger partial charge in [-0.2, -0.15) is 0 Å². The van der Waals surface area contributed by atoms with Crippen molar-refractivity contribution in [1.29, 1.82) is 0 Å². The Morgan fingerprint density at radius 3 is 2.28 bits per heavy atom. The number of nitrogens with zero attached hydrogens (tertiary/aromatic N) is 2. The van der Waals surface area contributed by atoms with E-state index < -0.39 is 0 Å². The first-order valence-electron chi connectivity index (χ1n) is 9.90. The van der Waals surface area contributed by atoms with Gasteiger partial charge in [0, 0.05) is 24.2 Å². The first-order valence-corrected chi connectivity index (χ1v) is 9.90. The lowest BCUT2D eigenvalue weighted by atomic mass is 10.0. The maximum absolute atomic E-state index is 12.6. The smallest absolute Gasteiger partial charge is 0.255 e. The average Bonchev–Trinajstić information content (AvgIpc) is 3.39. The fraction of sp³-hybridized carbons (Fsp3) is 0.120. The summed E-state index contributed by atoms with van der Waals surface area (Å²) in [6.07, 6.45) is 4.15. The number of fused-ring (bicyclic) bond motifs is 1. The van der Waals surface area contributed by atoms with Crippen LogP contribution in [0.4, 0.5) is 5.69 Å². The van der Waals surface area contributed by atoms with Crippen LogP contribution in [0.25, 0.3) is 22.4 Å². The van der Waals surface area contributed by atoms with Crippen molar-refractivity contribution in [3.63, 3.8) is 0 Å². The first-order chi connectivity index (χ1) is 14.3. The predicted molar refractivity (Wildman–Crippen MR) is 116 cm³/mol. The Bertz CT molecular complexity index is 1140. The zero-order valence-electron chi connectivity index (χ0n) is 16.0. The molecule has 1 aliphatic heterocycles. The van der Waals surface area contributed by atoms with Gasteiger partial charge in [0.25, 0.3) is 5.91 Å². The Morgan fingerprint density at radius 2 is 1.52 bits per heavy atom. The van der Waals surface area contributed by atoms with Crippen molar-refractivity contribution in [2.24, 2.45) is 0 Å². The molecule has 4 aromatic rings. The van der Waals surface area contributed by atoms with Crippen LogP contribution in [0, 0.1) is 0 Å². The van der Waals surface area contributed by atoms with Crippen LogP contribution in [-0.4, -0.2) is 15.5 Å². The Labute approximate surface area is 169 Å². The Morgan fingerprint density at radius 1 is 0.828 bits per heavy atom. The molecule has 1 aromatic heterocycles. The molecule has 0 spiro atoms. The second-order valence-electron chi connectivity index (χ2n) is 7.29. The SMILES string of the molecule is O=C(Nc1ccc(-c2cnc3n2CCC3)cc1)c1ccc(-c2ccccc2)cc1. The number of hydrogen-bond donors (Lipinski definition) is 1. The topological polar surface area (TPSA) is 46.9 Å². The van der Waals surface area contributed by atoms with Gasteiger partial charge in [0.15, 0.2) is 0 Å². The minimum Gasteiger partial charge on any atom is -0.328 e. The van der Waals surface area contributed by atoms with E-state index >= 15 is 0 Å². The second kappa shape index (κ2) is 7.40. The van der Waals surface area contributed by atoms with Crippen LogP contribution in [0.2, 0.25) is 0 Å². The highest BCUT2D eigenvalue weighted by molar-refractivity contribution is 6.04. The van der Waals surface area contributed by atoms with Crippen molar-refractivity contribution in [1.82, 2.24) is 9.55 Å². The van der Waals surface area contributed by atoms with Crippen molar-refractivity contribution in [2.45, 2.75) is 19.4 Å². The molecular formula is C25H21N3O. The van der Waals surface area contributed by atoms with E-state index in [0.29, 0.717) is 5.56 Å². The first kappa shape index (κ1) is 17.4. The number of benzene rings is 3. The van der Waals surface area contributed by atoms with Crippen molar-refractivity contribution in [3.05, 3.63) is 96.4 Å². The highest BCUT2D eigenvalue weighted by atomic mass is 16.1. The molecule has 0 bridgehead atoms. The molecule has 29 heavy (non-hydrogen) atoms. The number of nitrogens with one attached hydrogen (secondary N) is 1. The highest BCUT2D eigenvalue weighted by Crippen LogP contribution is 2.27. The van der Waals surface area contributed by atoms with Crippen molar-refractivity contribution < 1.29 is 4.79 Å². The molecular weight excluding hydrogens is 358 g/mol. The molecule has 1 N–H and O–H groups in total. The number of anilines is 1. The third kappa shape index (κ3) is 3.45. The molecule has 4 heteroatoms. The van der Waals surface area contributed by atoms with Gasteiger partial charge in [-0.3, -0.25) is 4.79 Å². The molecule has 142 valence electrons. The van der Waals surface area contributed by atoms with Crippen LogP contribution in [0.5, 0.6) is 0 Å². The normalized spacial score (nSPS) is 12.6. The van der Waals surface area contributed by atoms with E-state index in [4.69, 9.17) is 0 Å². The van der Waals surface area contributed by atoms with Crippen LogP contribution in [0.15, 0.2) is 85.1 Å². The number of carbonyl (C=O) groups is 1. The molecule has 0 atom stereocenters. The van der Waals surface area contributed by atoms with Crippen LogP contribution >= 0.6 is 0 Å². The van der Waals surface area contributed by atoms with Gasteiger partial charge in [-0.25, -0.2) is 4.98 Å². The van der Waals surface area contributed by atoms with E-state index in [1.807, 2.05) is 72.9 Å². The van der Waals surface area contributed by atoms with Crippen molar-refractivity contribution in [3.8, 4) is 22.4 Å². The van der Waals surface area contributed by atoms with E-state index in [9.17, 15) is 4.79 Å². The Hall–Kier alpha value is -3.66. The standard InChI is InChI=1S/C25H21N3O/c29-25(21-10-8-19(9-11-21)18-5-2-1-3-6-18)27-22-14-12-20(13-15-22)23-17-26-24-7-4-16-28(23)24/h1-3,5-6,8-15,17H,4,7,16H2,(H,27,29). The van der Waals surface area contributed by atoms with Gasteiger partial charge in [-0.15, -0.1) is 0 Å². The summed E-state index contributed by atoms with van der Waals surface area (Å²) < 4.78 is 2.28. The molecule has 1 amide bonds. The summed E-state index contributed by atoms with van der Waals surface area (Å²) in [6.45, 7) is 1.03. The second-order valence-corrected chi connectivity index (χ2v) is 7.29. The quantitative estimate of drug-likeness (QED) is 0.515. The van der Waals surface area contributed by atoms with Crippen molar-refractivity contribution >= 4 is 11.6 Å². The van der Waals surface area contributed by atoms with E-state index in [-0.39, 0.29) is 5.91 Å². The molecule has 0 radical (unpaired) electrons. The maximum atomic E-state index is 12.6. The summed E-state index contributed by atoms with van der Waals surface area (Å²) in [7, 11) is 0. The predicted octanol–water partition coefficient (Wildman–Crippen LogP) is 5.42. The van der Waals surface area contributed by atoms with Crippen LogP contribution < -0.4 is 5.32 Å². The number of aromatic nitrogens is 2. The fourth-order valence-corrected chi connectivity index (χ4v) is 3.86. The zero-order chi connectivity index (χ0) is 19.6. The summed E-state index contributed by atoms with van der Waals surface area (Å²) in [4.78, 5) is 17.1. The maximum Gasteiger partial charge on any atom is 0.255 e. The van der Waals surface area contributed by atoms with E-state index in [2.05, 4.69) is 27.0 Å². The molecule has 2 heterocycles. The molecule has 3 aromatic carbocycles. The average molecular weight is 379 g/mol. The van der Waals surface area contributed by atoms with Crippen LogP contribution in [0.3, 0.4) is 0 Å². The summed E-state index contributed by atoms with van der Waals surface area (Å²) in [5.41, 5.74) is 5.93. The van der Waals surface area contributed by atoms with Gasteiger partial charge in [0.05, 0.1) is 11.9 Å². The third-order valence-corrected chi connectivity index (χ3v) is 5.41. The Kier molecular flexibility index (Phi) is 4.45. The van der Waals surface area contributed by atoms with Gasteiger partial charge in [0.1, 0.15) is 5.82 Å². The molecule has 4 nitrogen and oxygen atoms in total. The summed E-state index contributed by atoms with van der Waals surface area (Å²) in [5.74, 6) is 1.05. The molecule has 0 saturated carbocycles. The fourth-order valence-electron chi connectivity index (χ4n) is 3.86. The highest BCUT2D eigenvalue weighted by Gasteiger charge is 2.16. The van der Waals surface area contributed by atoms with E-state index in [1.165, 1.54) is 0 Å². The van der Waals surface area contributed by atoms with Crippen LogP contribution in [-0.2, 0) is 13.0 Å². The molecule has 0 aliphatic carbocycles. The molecule has 0 unspecified atom stereocenters. The summed E-state index contributed by atoms with van der Waals surface area (Å²) >= 11 is 0. The largest absolute Gasteiger partial charge is 0.328 e. The molecule has 0 saturated heterocycles. The van der Waals surface area contributed by atoms with Gasteiger partial charge >= 0.3 is 0 Å². The minimum absolute atomic E-state index is 0.109. The molecule has 5 rings (SSSR count). The van der Waals surface area contributed by atoms with Gasteiger partial charge in [-0.05, 0) is 47.4 Å². The number of carbonyl (C=O) groups excluding carboxylic acids is 1. The number of amides is 1. The van der Waals surface area contributed by atoms with Gasteiger partial charge in [0.2, 0.25) is 0 Å². The minimum atomic E-state index is -0.109. The monoisotopic (exact) mass is 379 g/mol. The summed E-state index contributed by atoms with van der Waals surface area (Å²) in [5, 5.41) is 2.98. The van der Waals surface area contributed by atoms with E-state index in [1.54, 1.807) is 0 Å². The number of imidazole rings is 1. The summed E-state index contributed by atoms with van der Waals surface area (Å²) in [6, 6.07) is 25.8. The number of aryl methyl sites for hydroxylation is 1. The van der Waals surface area contributed by atoms with E-state index in [0.717, 1.165) is 53.3 Å². The number of rotatable bonds is 4. The lowest BCUT2D eigenvalue weighted by molar-refractivity contribution is 0.102. The molecule has 1 aliphatic rings. The Balaban J connectivity index is 1.29. The third-order valence-electron chi connectivity index (χ3n) is 5.41. The van der Waals surface area contributed by atoms with Crippen LogP contribution in [0.1, 0.15) is 22.6 Å².